The van der Waals surface area contributed by atoms with Gasteiger partial charge < -0.3 is 14.8 Å². The van der Waals surface area contributed by atoms with Gasteiger partial charge in [0.1, 0.15) is 11.3 Å². The van der Waals surface area contributed by atoms with Crippen LogP contribution in [-0.4, -0.2) is 16.1 Å². The lowest BCUT2D eigenvalue weighted by Gasteiger charge is -2.19. The van der Waals surface area contributed by atoms with Gasteiger partial charge in [0.15, 0.2) is 22.8 Å². The number of carboxylic acid groups (broad SMARTS) is 1. The summed E-state index contributed by atoms with van der Waals surface area (Å²) in [6, 6.07) is 9.56. The maximum absolute atomic E-state index is 13.9. The molecule has 0 saturated heterocycles. The van der Waals surface area contributed by atoms with Gasteiger partial charge in [-0.1, -0.05) is 6.07 Å². The van der Waals surface area contributed by atoms with E-state index in [-0.39, 0.29) is 33.6 Å². The van der Waals surface area contributed by atoms with Gasteiger partial charge in [-0.05, 0) is 62.7 Å². The summed E-state index contributed by atoms with van der Waals surface area (Å²) in [7, 11) is 0. The molecule has 0 radical (unpaired) electrons. The van der Waals surface area contributed by atoms with Crippen LogP contribution >= 0.6 is 0 Å². The number of pyridine rings is 1. The Morgan fingerprint density at radius 1 is 1.12 bits per heavy atom. The van der Waals surface area contributed by atoms with E-state index in [1.165, 1.54) is 12.3 Å². The highest BCUT2D eigenvalue weighted by Gasteiger charge is 2.21. The Hall–Kier alpha value is -4.07. The first-order valence-electron chi connectivity index (χ1n) is 10.2. The third-order valence-electron chi connectivity index (χ3n) is 5.42. The highest BCUT2D eigenvalue weighted by molar-refractivity contribution is 5.92. The average molecular weight is 450 g/mol. The van der Waals surface area contributed by atoms with Crippen molar-refractivity contribution >= 4 is 22.6 Å². The van der Waals surface area contributed by atoms with Crippen LogP contribution in [0.2, 0.25) is 0 Å². The van der Waals surface area contributed by atoms with Gasteiger partial charge in [0, 0.05) is 22.9 Å². The predicted molar refractivity (Wildman–Crippen MR) is 121 cm³/mol. The van der Waals surface area contributed by atoms with Gasteiger partial charge in [0.05, 0.1) is 17.1 Å². The number of nitrogens with zero attached hydrogens (tertiary/aromatic N) is 1. The van der Waals surface area contributed by atoms with Crippen LogP contribution in [0.15, 0.2) is 57.9 Å². The number of carbonyl (C=O) groups is 1. The Kier molecular flexibility index (Phi) is 5.68. The van der Waals surface area contributed by atoms with Crippen LogP contribution in [0.4, 0.5) is 14.5 Å². The largest absolute Gasteiger partial charge is 0.476 e. The molecule has 2 N–H and O–H groups in total. The quantitative estimate of drug-likeness (QED) is 0.410. The topological polar surface area (TPSA) is 92.4 Å². The lowest BCUT2D eigenvalue weighted by molar-refractivity contribution is 0.0691. The van der Waals surface area contributed by atoms with Gasteiger partial charge in [0.25, 0.3) is 0 Å². The summed E-state index contributed by atoms with van der Waals surface area (Å²) in [4.78, 5) is 28.6. The number of nitrogens with one attached hydrogen (secondary N) is 1. The van der Waals surface area contributed by atoms with E-state index in [4.69, 9.17) is 4.42 Å². The number of hydrogen-bond donors (Lipinski definition) is 2. The van der Waals surface area contributed by atoms with Gasteiger partial charge in [-0.2, -0.15) is 0 Å². The Labute approximate surface area is 187 Å². The van der Waals surface area contributed by atoms with E-state index < -0.39 is 23.6 Å². The lowest BCUT2D eigenvalue weighted by Crippen LogP contribution is -2.14. The molecule has 1 unspecified atom stereocenters. The van der Waals surface area contributed by atoms with Crippen LogP contribution in [0.25, 0.3) is 22.3 Å². The average Bonchev–Trinajstić information content (AvgIpc) is 2.78. The van der Waals surface area contributed by atoms with E-state index in [9.17, 15) is 23.5 Å². The van der Waals surface area contributed by atoms with Crippen molar-refractivity contribution in [2.24, 2.45) is 0 Å². The number of aryl methyl sites for hydroxylation is 1. The molecule has 168 valence electrons. The Morgan fingerprint density at radius 3 is 2.58 bits per heavy atom. The fourth-order valence-corrected chi connectivity index (χ4v) is 3.81. The molecular formula is C25H20F2N2O4. The number of benzene rings is 2. The van der Waals surface area contributed by atoms with Crippen molar-refractivity contribution in [3.05, 3.63) is 92.9 Å². The summed E-state index contributed by atoms with van der Waals surface area (Å²) in [5.74, 6) is -3.09. The van der Waals surface area contributed by atoms with Crippen molar-refractivity contribution in [2.45, 2.75) is 26.8 Å². The number of hydrogen-bond acceptors (Lipinski definition) is 5. The molecule has 1 atom stereocenters. The molecule has 6 nitrogen and oxygen atoms in total. The summed E-state index contributed by atoms with van der Waals surface area (Å²) in [6.07, 6.45) is 1.39. The number of anilines is 1. The standard InChI is InChI=1S/C25H20F2N2O4/c1-12-9-16(14(3)29-20-5-4-8-28-21(20)25(31)32)24-17(10-12)22(30)13(2)23(33-24)15-6-7-18(26)19(27)11-15/h4-11,14,29H,1-3H3,(H,31,32). The van der Waals surface area contributed by atoms with E-state index in [1.807, 2.05) is 13.0 Å². The van der Waals surface area contributed by atoms with Gasteiger partial charge in [-0.25, -0.2) is 18.6 Å². The Morgan fingerprint density at radius 2 is 1.88 bits per heavy atom. The van der Waals surface area contributed by atoms with E-state index in [2.05, 4.69) is 10.3 Å². The molecule has 8 heteroatoms. The SMILES string of the molecule is Cc1cc(C(C)Nc2cccnc2C(=O)O)c2oc(-c3ccc(F)c(F)c3)c(C)c(=O)c2c1. The van der Waals surface area contributed by atoms with Crippen molar-refractivity contribution in [2.75, 3.05) is 5.32 Å². The Balaban J connectivity index is 1.90. The monoisotopic (exact) mass is 450 g/mol. The van der Waals surface area contributed by atoms with Crippen LogP contribution in [0, 0.1) is 25.5 Å². The van der Waals surface area contributed by atoms with Crippen molar-refractivity contribution < 1.29 is 23.1 Å². The summed E-state index contributed by atoms with van der Waals surface area (Å²) >= 11 is 0. The number of halogens is 2. The maximum Gasteiger partial charge on any atom is 0.356 e. The zero-order valence-corrected chi connectivity index (χ0v) is 18.1. The minimum absolute atomic E-state index is 0.135. The minimum Gasteiger partial charge on any atom is -0.476 e. The molecule has 4 aromatic rings. The number of fused-ring (bicyclic) bond motifs is 1. The highest BCUT2D eigenvalue weighted by atomic mass is 19.2. The molecule has 0 fully saturated rings. The molecule has 2 aromatic heterocycles. The molecule has 0 aliphatic rings. The zero-order chi connectivity index (χ0) is 23.9. The summed E-state index contributed by atoms with van der Waals surface area (Å²) in [5, 5.41) is 12.9. The molecular weight excluding hydrogens is 430 g/mol. The van der Waals surface area contributed by atoms with Gasteiger partial charge in [-0.3, -0.25) is 4.79 Å². The number of carboxylic acids is 1. The first kappa shape index (κ1) is 22.1. The van der Waals surface area contributed by atoms with E-state index >= 15 is 0 Å². The van der Waals surface area contributed by atoms with Crippen molar-refractivity contribution in [3.63, 3.8) is 0 Å². The van der Waals surface area contributed by atoms with E-state index in [0.29, 0.717) is 16.6 Å². The van der Waals surface area contributed by atoms with Crippen LogP contribution < -0.4 is 10.7 Å². The number of aromatic nitrogens is 1. The van der Waals surface area contributed by atoms with Gasteiger partial charge in [-0.15, -0.1) is 0 Å². The van der Waals surface area contributed by atoms with Crippen molar-refractivity contribution in [3.8, 4) is 11.3 Å². The first-order valence-corrected chi connectivity index (χ1v) is 10.2. The third kappa shape index (κ3) is 4.07. The Bertz CT molecular complexity index is 1460. The number of rotatable bonds is 5. The minimum atomic E-state index is -1.18. The van der Waals surface area contributed by atoms with Gasteiger partial charge in [0.2, 0.25) is 0 Å². The molecule has 4 rings (SSSR count). The van der Waals surface area contributed by atoms with Crippen LogP contribution in [-0.2, 0) is 0 Å². The van der Waals surface area contributed by atoms with Crippen molar-refractivity contribution in [1.29, 1.82) is 0 Å². The smallest absolute Gasteiger partial charge is 0.356 e. The van der Waals surface area contributed by atoms with Gasteiger partial charge >= 0.3 is 5.97 Å². The fourth-order valence-electron chi connectivity index (χ4n) is 3.81. The molecule has 2 heterocycles. The fraction of sp³-hybridized carbons (Fsp3) is 0.160. The molecule has 0 aliphatic heterocycles. The normalized spacial score (nSPS) is 12.0. The first-order chi connectivity index (χ1) is 15.7. The lowest BCUT2D eigenvalue weighted by atomic mass is 9.98. The summed E-state index contributed by atoms with van der Waals surface area (Å²) in [6.45, 7) is 5.20. The molecule has 0 amide bonds. The molecule has 0 saturated carbocycles. The predicted octanol–water partition coefficient (Wildman–Crippen LogP) is 5.62. The summed E-state index contributed by atoms with van der Waals surface area (Å²) < 4.78 is 33.4. The zero-order valence-electron chi connectivity index (χ0n) is 18.1. The molecule has 33 heavy (non-hydrogen) atoms. The number of aromatic carboxylic acids is 1. The van der Waals surface area contributed by atoms with Crippen LogP contribution in [0.1, 0.15) is 40.1 Å². The molecule has 0 aliphatic carbocycles. The highest BCUT2D eigenvalue weighted by Crippen LogP contribution is 2.32. The molecule has 0 bridgehead atoms. The van der Waals surface area contributed by atoms with Crippen LogP contribution in [0.3, 0.4) is 0 Å². The van der Waals surface area contributed by atoms with Crippen LogP contribution in [0.5, 0.6) is 0 Å². The van der Waals surface area contributed by atoms with E-state index in [1.54, 1.807) is 32.0 Å². The second-order valence-corrected chi connectivity index (χ2v) is 7.82. The third-order valence-corrected chi connectivity index (χ3v) is 5.42. The molecule has 0 spiro atoms. The van der Waals surface area contributed by atoms with Crippen molar-refractivity contribution in [1.82, 2.24) is 4.98 Å². The maximum atomic E-state index is 13.9. The summed E-state index contributed by atoms with van der Waals surface area (Å²) in [5.41, 5.74) is 2.07. The second kappa shape index (κ2) is 8.46. The van der Waals surface area contributed by atoms with E-state index in [0.717, 1.165) is 17.7 Å². The second-order valence-electron chi connectivity index (χ2n) is 7.82. The molecule has 2 aromatic carbocycles.